The number of hydrogen-bond donors (Lipinski definition) is 2. The Morgan fingerprint density at radius 1 is 1.43 bits per heavy atom. The second kappa shape index (κ2) is 6.78. The molecule has 21 heavy (non-hydrogen) atoms. The molecule has 0 atom stereocenters. The van der Waals surface area contributed by atoms with E-state index in [0.29, 0.717) is 36.6 Å². The van der Waals surface area contributed by atoms with Crippen molar-refractivity contribution in [1.82, 2.24) is 15.1 Å². The normalized spacial score (nSPS) is 10.4. The number of nitrogens with one attached hydrogen (secondary N) is 1. The van der Waals surface area contributed by atoms with Crippen LogP contribution in [0, 0.1) is 0 Å². The van der Waals surface area contributed by atoms with Gasteiger partial charge in [0.1, 0.15) is 0 Å². The van der Waals surface area contributed by atoms with E-state index in [1.165, 1.54) is 0 Å². The number of aromatic nitrogens is 2. The highest BCUT2D eigenvalue weighted by atomic mass is 16.5. The van der Waals surface area contributed by atoms with E-state index >= 15 is 0 Å². The van der Waals surface area contributed by atoms with Gasteiger partial charge in [-0.3, -0.25) is 9.48 Å². The third-order valence-electron chi connectivity index (χ3n) is 3.01. The highest BCUT2D eigenvalue weighted by molar-refractivity contribution is 5.98. The molecule has 3 N–H and O–H groups in total. The highest BCUT2D eigenvalue weighted by Crippen LogP contribution is 2.26. The van der Waals surface area contributed by atoms with Crippen molar-refractivity contribution in [2.24, 2.45) is 7.05 Å². The summed E-state index contributed by atoms with van der Waals surface area (Å²) in [4.78, 5) is 12.2. The fourth-order valence-corrected chi connectivity index (χ4v) is 2.03. The number of anilines is 1. The van der Waals surface area contributed by atoms with Gasteiger partial charge in [-0.1, -0.05) is 6.07 Å². The molecule has 1 amide bonds. The summed E-state index contributed by atoms with van der Waals surface area (Å²) in [5.74, 6) is 0.247. The maximum Gasteiger partial charge on any atom is 0.255 e. The zero-order valence-electron chi connectivity index (χ0n) is 12.3. The van der Waals surface area contributed by atoms with E-state index in [0.717, 1.165) is 5.69 Å². The molecule has 2 rings (SSSR count). The molecule has 1 aromatic carbocycles. The SMILES string of the molecule is CCOc1c(N)cccc1C(=O)NCCc1ccn(C)n1. The molecule has 6 nitrogen and oxygen atoms in total. The zero-order valence-corrected chi connectivity index (χ0v) is 12.3. The smallest absolute Gasteiger partial charge is 0.255 e. The average Bonchev–Trinajstić information content (AvgIpc) is 2.87. The largest absolute Gasteiger partial charge is 0.491 e. The number of para-hydroxylation sites is 1. The van der Waals surface area contributed by atoms with Crippen molar-refractivity contribution < 1.29 is 9.53 Å². The van der Waals surface area contributed by atoms with Crippen LogP contribution in [0.25, 0.3) is 0 Å². The van der Waals surface area contributed by atoms with Crippen molar-refractivity contribution in [3.63, 3.8) is 0 Å². The Morgan fingerprint density at radius 3 is 2.90 bits per heavy atom. The standard InChI is InChI=1S/C15H20N4O2/c1-3-21-14-12(5-4-6-13(14)16)15(20)17-9-7-11-8-10-19(2)18-11/h4-6,8,10H,3,7,9,16H2,1-2H3,(H,17,20). The quantitative estimate of drug-likeness (QED) is 0.787. The zero-order chi connectivity index (χ0) is 15.2. The fraction of sp³-hybridized carbons (Fsp3) is 0.333. The van der Waals surface area contributed by atoms with E-state index < -0.39 is 0 Å². The lowest BCUT2D eigenvalue weighted by molar-refractivity contribution is 0.0950. The third-order valence-corrected chi connectivity index (χ3v) is 3.01. The number of ether oxygens (including phenoxy) is 1. The third kappa shape index (κ3) is 3.75. The van der Waals surface area contributed by atoms with Gasteiger partial charge < -0.3 is 15.8 Å². The summed E-state index contributed by atoms with van der Waals surface area (Å²) >= 11 is 0. The van der Waals surface area contributed by atoms with Gasteiger partial charge in [-0.05, 0) is 25.1 Å². The molecule has 0 radical (unpaired) electrons. The molecule has 0 saturated heterocycles. The van der Waals surface area contributed by atoms with Crippen LogP contribution in [-0.4, -0.2) is 28.8 Å². The molecule has 0 fully saturated rings. The number of hydrogen-bond acceptors (Lipinski definition) is 4. The van der Waals surface area contributed by atoms with Crippen molar-refractivity contribution in [2.75, 3.05) is 18.9 Å². The number of aryl methyl sites for hydroxylation is 1. The molecule has 0 spiro atoms. The Labute approximate surface area is 123 Å². The molecule has 0 aliphatic rings. The van der Waals surface area contributed by atoms with Crippen LogP contribution < -0.4 is 15.8 Å². The van der Waals surface area contributed by atoms with Gasteiger partial charge in [-0.15, -0.1) is 0 Å². The molecular weight excluding hydrogens is 268 g/mol. The molecular formula is C15H20N4O2. The molecule has 0 unspecified atom stereocenters. The summed E-state index contributed by atoms with van der Waals surface area (Å²) in [6, 6.07) is 7.09. The van der Waals surface area contributed by atoms with Gasteiger partial charge in [-0.2, -0.15) is 5.10 Å². The fourth-order valence-electron chi connectivity index (χ4n) is 2.03. The van der Waals surface area contributed by atoms with Crippen LogP contribution in [0.5, 0.6) is 5.75 Å². The number of nitrogens with zero attached hydrogens (tertiary/aromatic N) is 2. The minimum Gasteiger partial charge on any atom is -0.491 e. The maximum absolute atomic E-state index is 12.2. The summed E-state index contributed by atoms with van der Waals surface area (Å²) in [6.45, 7) is 2.83. The topological polar surface area (TPSA) is 82.2 Å². The monoisotopic (exact) mass is 288 g/mol. The molecule has 6 heteroatoms. The number of carbonyl (C=O) groups excluding carboxylic acids is 1. The highest BCUT2D eigenvalue weighted by Gasteiger charge is 2.14. The van der Waals surface area contributed by atoms with E-state index in [-0.39, 0.29) is 5.91 Å². The Balaban J connectivity index is 1.98. The average molecular weight is 288 g/mol. The lowest BCUT2D eigenvalue weighted by Crippen LogP contribution is -2.26. The minimum atomic E-state index is -0.193. The number of nitrogens with two attached hydrogens (primary N) is 1. The summed E-state index contributed by atoms with van der Waals surface area (Å²) < 4.78 is 7.19. The number of amides is 1. The summed E-state index contributed by atoms with van der Waals surface area (Å²) in [5.41, 5.74) is 7.71. The first-order valence-corrected chi connectivity index (χ1v) is 6.89. The van der Waals surface area contributed by atoms with E-state index in [1.807, 2.05) is 26.2 Å². The van der Waals surface area contributed by atoms with Crippen molar-refractivity contribution in [3.05, 3.63) is 41.7 Å². The Kier molecular flexibility index (Phi) is 4.81. The Bertz CT molecular complexity index is 622. The van der Waals surface area contributed by atoms with Crippen LogP contribution >= 0.6 is 0 Å². The van der Waals surface area contributed by atoms with Crippen molar-refractivity contribution in [3.8, 4) is 5.75 Å². The van der Waals surface area contributed by atoms with Crippen molar-refractivity contribution in [2.45, 2.75) is 13.3 Å². The van der Waals surface area contributed by atoms with Crippen molar-refractivity contribution >= 4 is 11.6 Å². The lowest BCUT2D eigenvalue weighted by atomic mass is 10.1. The lowest BCUT2D eigenvalue weighted by Gasteiger charge is -2.12. The van der Waals surface area contributed by atoms with Gasteiger partial charge in [0.05, 0.1) is 23.6 Å². The summed E-state index contributed by atoms with van der Waals surface area (Å²) in [6.07, 6.45) is 2.56. The Hall–Kier alpha value is -2.50. The second-order valence-electron chi connectivity index (χ2n) is 4.64. The predicted molar refractivity (Wildman–Crippen MR) is 81.3 cm³/mol. The van der Waals surface area contributed by atoms with E-state index in [2.05, 4.69) is 10.4 Å². The number of nitrogen functional groups attached to an aromatic ring is 1. The molecule has 0 saturated carbocycles. The number of carbonyl (C=O) groups is 1. The van der Waals surface area contributed by atoms with Gasteiger partial charge in [0.15, 0.2) is 5.75 Å². The maximum atomic E-state index is 12.2. The summed E-state index contributed by atoms with van der Waals surface area (Å²) in [7, 11) is 1.86. The van der Waals surface area contributed by atoms with Gasteiger partial charge >= 0.3 is 0 Å². The first-order valence-electron chi connectivity index (χ1n) is 6.89. The van der Waals surface area contributed by atoms with Crippen molar-refractivity contribution in [1.29, 1.82) is 0 Å². The van der Waals surface area contributed by atoms with E-state index in [1.54, 1.807) is 22.9 Å². The van der Waals surface area contributed by atoms with Gasteiger partial charge in [0.2, 0.25) is 0 Å². The van der Waals surface area contributed by atoms with E-state index in [9.17, 15) is 4.79 Å². The van der Waals surface area contributed by atoms with Gasteiger partial charge in [0, 0.05) is 26.2 Å². The van der Waals surface area contributed by atoms with Crippen LogP contribution in [0.1, 0.15) is 23.0 Å². The predicted octanol–water partition coefficient (Wildman–Crippen LogP) is 1.37. The van der Waals surface area contributed by atoms with Crippen LogP contribution in [0.3, 0.4) is 0 Å². The number of benzene rings is 1. The summed E-state index contributed by atoms with van der Waals surface area (Å²) in [5, 5.41) is 7.12. The Morgan fingerprint density at radius 2 is 2.24 bits per heavy atom. The molecule has 0 bridgehead atoms. The molecule has 0 aliphatic carbocycles. The molecule has 1 heterocycles. The molecule has 1 aromatic heterocycles. The van der Waals surface area contributed by atoms with Gasteiger partial charge in [-0.25, -0.2) is 0 Å². The number of rotatable bonds is 6. The first-order chi connectivity index (χ1) is 10.1. The first kappa shape index (κ1) is 14.9. The molecule has 0 aliphatic heterocycles. The van der Waals surface area contributed by atoms with Gasteiger partial charge in [0.25, 0.3) is 5.91 Å². The van der Waals surface area contributed by atoms with E-state index in [4.69, 9.17) is 10.5 Å². The van der Waals surface area contributed by atoms with Crippen LogP contribution in [0.15, 0.2) is 30.5 Å². The van der Waals surface area contributed by atoms with Crippen LogP contribution in [0.2, 0.25) is 0 Å². The second-order valence-corrected chi connectivity index (χ2v) is 4.64. The molecule has 112 valence electrons. The molecule has 2 aromatic rings. The van der Waals surface area contributed by atoms with Crippen LogP contribution in [0.4, 0.5) is 5.69 Å². The minimum absolute atomic E-state index is 0.193. The van der Waals surface area contributed by atoms with Crippen LogP contribution in [-0.2, 0) is 13.5 Å².